The van der Waals surface area contributed by atoms with Crippen molar-refractivity contribution in [3.8, 4) is 22.6 Å². The first kappa shape index (κ1) is 20.3. The topological polar surface area (TPSA) is 47.6 Å². The summed E-state index contributed by atoms with van der Waals surface area (Å²) in [7, 11) is 0. The fraction of sp³-hybridized carbons (Fsp3) is 0.174. The van der Waals surface area contributed by atoms with Crippen molar-refractivity contribution in [2.45, 2.75) is 13.0 Å². The summed E-state index contributed by atoms with van der Waals surface area (Å²) in [6.07, 6.45) is 0.571. The summed E-state index contributed by atoms with van der Waals surface area (Å²) in [6.45, 7) is -2.52. The van der Waals surface area contributed by atoms with Gasteiger partial charge in [0.25, 0.3) is 5.91 Å². The molecule has 4 nitrogen and oxygen atoms in total. The molecule has 0 bridgehead atoms. The second-order valence-electron chi connectivity index (χ2n) is 6.27. The van der Waals surface area contributed by atoms with Crippen LogP contribution in [-0.2, 0) is 11.2 Å². The Balaban J connectivity index is 1.46. The van der Waals surface area contributed by atoms with Crippen LogP contribution in [0.3, 0.4) is 0 Å². The van der Waals surface area contributed by atoms with Gasteiger partial charge in [-0.05, 0) is 35.7 Å². The van der Waals surface area contributed by atoms with Crippen LogP contribution in [0.4, 0.5) is 8.78 Å². The SMILES string of the molecule is O=C(COc1ccccc1-c1ccccc1)NCCc1ccc(OC(F)F)cc1. The quantitative estimate of drug-likeness (QED) is 0.570. The van der Waals surface area contributed by atoms with E-state index < -0.39 is 6.61 Å². The molecule has 0 aliphatic carbocycles. The van der Waals surface area contributed by atoms with Crippen LogP contribution in [0, 0.1) is 0 Å². The number of para-hydroxylation sites is 1. The van der Waals surface area contributed by atoms with Crippen LogP contribution >= 0.6 is 0 Å². The lowest BCUT2D eigenvalue weighted by Crippen LogP contribution is -2.30. The average molecular weight is 397 g/mol. The number of nitrogens with one attached hydrogen (secondary N) is 1. The molecule has 0 spiro atoms. The summed E-state index contributed by atoms with van der Waals surface area (Å²) >= 11 is 0. The zero-order valence-corrected chi connectivity index (χ0v) is 15.7. The van der Waals surface area contributed by atoms with Gasteiger partial charge in [-0.25, -0.2) is 0 Å². The Kier molecular flexibility index (Phi) is 7.16. The number of halogens is 2. The van der Waals surface area contributed by atoms with Crippen molar-refractivity contribution in [3.63, 3.8) is 0 Å². The third-order valence-electron chi connectivity index (χ3n) is 4.21. The number of carbonyl (C=O) groups excluding carboxylic acids is 1. The molecule has 1 N–H and O–H groups in total. The van der Waals surface area contributed by atoms with Gasteiger partial charge in [-0.1, -0.05) is 60.7 Å². The van der Waals surface area contributed by atoms with Crippen molar-refractivity contribution in [1.29, 1.82) is 0 Å². The van der Waals surface area contributed by atoms with Gasteiger partial charge >= 0.3 is 6.61 Å². The van der Waals surface area contributed by atoms with Crippen LogP contribution in [0.25, 0.3) is 11.1 Å². The highest BCUT2D eigenvalue weighted by Gasteiger charge is 2.08. The first-order valence-corrected chi connectivity index (χ1v) is 9.19. The number of hydrogen-bond acceptors (Lipinski definition) is 3. The molecule has 0 saturated heterocycles. The first-order valence-electron chi connectivity index (χ1n) is 9.19. The van der Waals surface area contributed by atoms with E-state index in [1.165, 1.54) is 12.1 Å². The molecule has 0 fully saturated rings. The molecule has 150 valence electrons. The van der Waals surface area contributed by atoms with Gasteiger partial charge in [0.2, 0.25) is 0 Å². The Hall–Kier alpha value is -3.41. The Morgan fingerprint density at radius 1 is 0.897 bits per heavy atom. The molecule has 0 aliphatic heterocycles. The van der Waals surface area contributed by atoms with Crippen molar-refractivity contribution in [1.82, 2.24) is 5.32 Å². The molecular formula is C23H21F2NO3. The van der Waals surface area contributed by atoms with Gasteiger partial charge < -0.3 is 14.8 Å². The summed E-state index contributed by atoms with van der Waals surface area (Å²) in [4.78, 5) is 12.1. The smallest absolute Gasteiger partial charge is 0.387 e. The minimum atomic E-state index is -2.84. The van der Waals surface area contributed by atoms with E-state index in [1.807, 2.05) is 54.6 Å². The van der Waals surface area contributed by atoms with Gasteiger partial charge in [-0.15, -0.1) is 0 Å². The average Bonchev–Trinajstić information content (AvgIpc) is 2.74. The lowest BCUT2D eigenvalue weighted by Gasteiger charge is -2.12. The predicted molar refractivity (Wildman–Crippen MR) is 107 cm³/mol. The molecule has 3 aromatic carbocycles. The van der Waals surface area contributed by atoms with Gasteiger partial charge in [0.15, 0.2) is 6.61 Å². The zero-order valence-electron chi connectivity index (χ0n) is 15.7. The third kappa shape index (κ3) is 6.31. The molecule has 3 rings (SSSR count). The van der Waals surface area contributed by atoms with Gasteiger partial charge in [-0.3, -0.25) is 4.79 Å². The second-order valence-corrected chi connectivity index (χ2v) is 6.27. The van der Waals surface area contributed by atoms with Crippen LogP contribution in [0.2, 0.25) is 0 Å². The normalized spacial score (nSPS) is 10.6. The van der Waals surface area contributed by atoms with E-state index in [4.69, 9.17) is 4.74 Å². The van der Waals surface area contributed by atoms with Crippen molar-refractivity contribution < 1.29 is 23.0 Å². The molecule has 0 saturated carbocycles. The molecule has 0 radical (unpaired) electrons. The fourth-order valence-electron chi connectivity index (χ4n) is 2.83. The van der Waals surface area contributed by atoms with E-state index in [0.29, 0.717) is 18.7 Å². The van der Waals surface area contributed by atoms with Gasteiger partial charge in [-0.2, -0.15) is 8.78 Å². The molecule has 29 heavy (non-hydrogen) atoms. The van der Waals surface area contributed by atoms with Crippen molar-refractivity contribution >= 4 is 5.91 Å². The first-order chi connectivity index (χ1) is 14.1. The number of ether oxygens (including phenoxy) is 2. The number of benzene rings is 3. The minimum absolute atomic E-state index is 0.0922. The zero-order chi connectivity index (χ0) is 20.5. The molecule has 6 heteroatoms. The number of hydrogen-bond donors (Lipinski definition) is 1. The highest BCUT2D eigenvalue weighted by atomic mass is 19.3. The van der Waals surface area contributed by atoms with Gasteiger partial charge in [0.05, 0.1) is 0 Å². The molecule has 0 heterocycles. The highest BCUT2D eigenvalue weighted by Crippen LogP contribution is 2.29. The number of rotatable bonds is 9. The maximum absolute atomic E-state index is 12.1. The van der Waals surface area contributed by atoms with E-state index in [1.54, 1.807) is 12.1 Å². The monoisotopic (exact) mass is 397 g/mol. The van der Waals surface area contributed by atoms with Crippen LogP contribution < -0.4 is 14.8 Å². The van der Waals surface area contributed by atoms with E-state index >= 15 is 0 Å². The maximum atomic E-state index is 12.1. The number of carbonyl (C=O) groups is 1. The molecule has 3 aromatic rings. The summed E-state index contributed by atoms with van der Waals surface area (Å²) in [5, 5.41) is 2.79. The maximum Gasteiger partial charge on any atom is 0.387 e. The fourth-order valence-corrected chi connectivity index (χ4v) is 2.83. The third-order valence-corrected chi connectivity index (χ3v) is 4.21. The second kappa shape index (κ2) is 10.2. The van der Waals surface area contributed by atoms with Crippen molar-refractivity contribution in [2.24, 2.45) is 0 Å². The standard InChI is InChI=1S/C23H21F2NO3/c24-23(25)29-19-12-10-17(11-13-19)14-15-26-22(27)16-28-21-9-5-4-8-20(21)18-6-2-1-3-7-18/h1-13,23H,14-16H2,(H,26,27). The lowest BCUT2D eigenvalue weighted by molar-refractivity contribution is -0.123. The lowest BCUT2D eigenvalue weighted by atomic mass is 10.1. The van der Waals surface area contributed by atoms with Crippen molar-refractivity contribution in [2.75, 3.05) is 13.2 Å². The Morgan fingerprint density at radius 3 is 2.31 bits per heavy atom. The molecule has 0 unspecified atom stereocenters. The Bertz CT molecular complexity index is 915. The number of alkyl halides is 2. The van der Waals surface area contributed by atoms with E-state index in [9.17, 15) is 13.6 Å². The predicted octanol–water partition coefficient (Wildman–Crippen LogP) is 4.69. The van der Waals surface area contributed by atoms with Gasteiger partial charge in [0.1, 0.15) is 11.5 Å². The number of amides is 1. The summed E-state index contributed by atoms with van der Waals surface area (Å²) in [5.41, 5.74) is 2.84. The highest BCUT2D eigenvalue weighted by molar-refractivity contribution is 5.78. The minimum Gasteiger partial charge on any atom is -0.483 e. The molecular weight excluding hydrogens is 376 g/mol. The summed E-state index contributed by atoms with van der Waals surface area (Å²) in [5.74, 6) is 0.521. The van der Waals surface area contributed by atoms with Crippen LogP contribution in [0.5, 0.6) is 11.5 Å². The molecule has 0 atom stereocenters. The van der Waals surface area contributed by atoms with E-state index in [-0.39, 0.29) is 18.3 Å². The van der Waals surface area contributed by atoms with Crippen molar-refractivity contribution in [3.05, 3.63) is 84.4 Å². The Labute approximate surface area is 168 Å². The Morgan fingerprint density at radius 2 is 1.59 bits per heavy atom. The largest absolute Gasteiger partial charge is 0.483 e. The van der Waals surface area contributed by atoms with Crippen LogP contribution in [0.15, 0.2) is 78.9 Å². The molecule has 0 aliphatic rings. The summed E-state index contributed by atoms with van der Waals surface area (Å²) < 4.78 is 34.3. The summed E-state index contributed by atoms with van der Waals surface area (Å²) in [6, 6.07) is 23.7. The molecule has 1 amide bonds. The molecule has 0 aromatic heterocycles. The van der Waals surface area contributed by atoms with Crippen LogP contribution in [-0.4, -0.2) is 25.7 Å². The van der Waals surface area contributed by atoms with Gasteiger partial charge in [0, 0.05) is 12.1 Å². The van der Waals surface area contributed by atoms with E-state index in [0.717, 1.165) is 16.7 Å². The van der Waals surface area contributed by atoms with Crippen LogP contribution in [0.1, 0.15) is 5.56 Å². The van der Waals surface area contributed by atoms with E-state index in [2.05, 4.69) is 10.1 Å².